The quantitative estimate of drug-likeness (QED) is 0.539. The third-order valence-corrected chi connectivity index (χ3v) is 6.30. The summed E-state index contributed by atoms with van der Waals surface area (Å²) in [5.74, 6) is 1.01. The number of fused-ring (bicyclic) bond motifs is 1. The van der Waals surface area contributed by atoms with E-state index < -0.39 is 0 Å². The lowest BCUT2D eigenvalue weighted by molar-refractivity contribution is -0.115. The lowest BCUT2D eigenvalue weighted by Crippen LogP contribution is -2.48. The highest BCUT2D eigenvalue weighted by Gasteiger charge is 2.26. The molecule has 0 saturated carbocycles. The molecule has 2 aliphatic rings. The van der Waals surface area contributed by atoms with Gasteiger partial charge < -0.3 is 24.6 Å². The monoisotopic (exact) mass is 489 g/mol. The van der Waals surface area contributed by atoms with E-state index in [9.17, 15) is 9.59 Å². The van der Waals surface area contributed by atoms with Crippen molar-refractivity contribution in [2.45, 2.75) is 0 Å². The maximum atomic E-state index is 13.1. The number of hydrogen-bond donors (Lipinski definition) is 1. The van der Waals surface area contributed by atoms with Gasteiger partial charge in [-0.05, 0) is 66.2 Å². The van der Waals surface area contributed by atoms with Crippen molar-refractivity contribution < 1.29 is 19.1 Å². The molecule has 8 heteroatoms. The summed E-state index contributed by atoms with van der Waals surface area (Å²) in [7, 11) is 1.65. The molecular formula is C27H24ClN3O4. The molecule has 0 radical (unpaired) electrons. The van der Waals surface area contributed by atoms with E-state index in [0.29, 0.717) is 35.1 Å². The molecule has 2 aliphatic heterocycles. The average Bonchev–Trinajstić information content (AvgIpc) is 2.89. The number of benzene rings is 3. The number of piperazine rings is 1. The van der Waals surface area contributed by atoms with Gasteiger partial charge in [-0.3, -0.25) is 9.59 Å². The summed E-state index contributed by atoms with van der Waals surface area (Å²) in [6, 6.07) is 20.2. The predicted octanol–water partition coefficient (Wildman–Crippen LogP) is 4.68. The van der Waals surface area contributed by atoms with E-state index in [0.717, 1.165) is 30.1 Å². The number of amides is 2. The van der Waals surface area contributed by atoms with Crippen molar-refractivity contribution in [3.05, 3.63) is 88.6 Å². The first-order valence-electron chi connectivity index (χ1n) is 11.3. The zero-order valence-electron chi connectivity index (χ0n) is 19.2. The van der Waals surface area contributed by atoms with Crippen LogP contribution in [0.3, 0.4) is 0 Å². The Hall–Kier alpha value is -3.97. The molecule has 3 aromatic rings. The molecule has 3 aromatic carbocycles. The van der Waals surface area contributed by atoms with Crippen LogP contribution in [0, 0.1) is 0 Å². The van der Waals surface area contributed by atoms with Crippen LogP contribution in [0.4, 0.5) is 11.4 Å². The van der Waals surface area contributed by atoms with Gasteiger partial charge in [-0.1, -0.05) is 23.7 Å². The summed E-state index contributed by atoms with van der Waals surface area (Å²) in [6.45, 7) is 2.69. The van der Waals surface area contributed by atoms with Crippen molar-refractivity contribution in [2.75, 3.05) is 43.5 Å². The second-order valence-electron chi connectivity index (χ2n) is 8.31. The summed E-state index contributed by atoms with van der Waals surface area (Å²) in [6.07, 6.45) is 1.63. The summed E-state index contributed by atoms with van der Waals surface area (Å²) in [5.41, 5.74) is 2.84. The maximum absolute atomic E-state index is 13.1. The first-order chi connectivity index (χ1) is 17.0. The Labute approximate surface area is 208 Å². The number of nitrogens with zero attached hydrogens (tertiary/aromatic N) is 2. The number of rotatable bonds is 4. The van der Waals surface area contributed by atoms with Crippen LogP contribution >= 0.6 is 11.6 Å². The molecular weight excluding hydrogens is 466 g/mol. The Kier molecular flexibility index (Phi) is 6.33. The van der Waals surface area contributed by atoms with Crippen LogP contribution in [0.1, 0.15) is 15.9 Å². The molecule has 178 valence electrons. The predicted molar refractivity (Wildman–Crippen MR) is 136 cm³/mol. The van der Waals surface area contributed by atoms with E-state index >= 15 is 0 Å². The minimum Gasteiger partial charge on any atom is -0.497 e. The fraction of sp³-hybridized carbons (Fsp3) is 0.185. The van der Waals surface area contributed by atoms with Gasteiger partial charge in [0.2, 0.25) is 0 Å². The molecule has 0 aromatic heterocycles. The summed E-state index contributed by atoms with van der Waals surface area (Å²) in [5, 5.41) is 3.40. The van der Waals surface area contributed by atoms with Crippen LogP contribution in [0.15, 0.2) is 72.5 Å². The number of halogens is 1. The lowest BCUT2D eigenvalue weighted by atomic mass is 10.1. The zero-order valence-corrected chi connectivity index (χ0v) is 19.9. The molecule has 0 spiro atoms. The molecule has 0 aliphatic carbocycles. The molecule has 1 fully saturated rings. The van der Waals surface area contributed by atoms with E-state index in [1.165, 1.54) is 0 Å². The van der Waals surface area contributed by atoms with E-state index in [2.05, 4.69) is 10.2 Å². The van der Waals surface area contributed by atoms with Crippen molar-refractivity contribution in [2.24, 2.45) is 0 Å². The van der Waals surface area contributed by atoms with Crippen LogP contribution in [-0.4, -0.2) is 50.0 Å². The Balaban J connectivity index is 1.25. The topological polar surface area (TPSA) is 71.1 Å². The van der Waals surface area contributed by atoms with Gasteiger partial charge >= 0.3 is 0 Å². The third kappa shape index (κ3) is 4.95. The number of carbonyl (C=O) groups is 2. The van der Waals surface area contributed by atoms with Gasteiger partial charge in [-0.15, -0.1) is 0 Å². The van der Waals surface area contributed by atoms with Gasteiger partial charge in [0.15, 0.2) is 11.5 Å². The number of carbonyl (C=O) groups excluding carboxylic acids is 2. The molecule has 5 rings (SSSR count). The van der Waals surface area contributed by atoms with Gasteiger partial charge in [0, 0.05) is 42.5 Å². The van der Waals surface area contributed by atoms with Gasteiger partial charge in [0.1, 0.15) is 5.75 Å². The number of methoxy groups -OCH3 is 1. The van der Waals surface area contributed by atoms with Crippen molar-refractivity contribution in [3.8, 4) is 11.5 Å². The fourth-order valence-electron chi connectivity index (χ4n) is 4.18. The van der Waals surface area contributed by atoms with Gasteiger partial charge in [-0.2, -0.15) is 0 Å². The van der Waals surface area contributed by atoms with Crippen molar-refractivity contribution in [1.29, 1.82) is 0 Å². The summed E-state index contributed by atoms with van der Waals surface area (Å²) >= 11 is 6.03. The summed E-state index contributed by atoms with van der Waals surface area (Å²) in [4.78, 5) is 29.8. The van der Waals surface area contributed by atoms with Crippen molar-refractivity contribution in [3.63, 3.8) is 0 Å². The third-order valence-electron chi connectivity index (χ3n) is 6.07. The van der Waals surface area contributed by atoms with Gasteiger partial charge in [0.05, 0.1) is 12.8 Å². The zero-order chi connectivity index (χ0) is 24.4. The number of nitrogens with one attached hydrogen (secondary N) is 1. The highest BCUT2D eigenvalue weighted by Crippen LogP contribution is 2.33. The Morgan fingerprint density at radius 3 is 2.51 bits per heavy atom. The Bertz CT molecular complexity index is 1300. The number of anilines is 2. The number of hydrogen-bond acceptors (Lipinski definition) is 5. The molecule has 0 unspecified atom stereocenters. The van der Waals surface area contributed by atoms with Crippen molar-refractivity contribution in [1.82, 2.24) is 4.90 Å². The second kappa shape index (κ2) is 9.72. The van der Waals surface area contributed by atoms with Crippen molar-refractivity contribution >= 4 is 40.9 Å². The SMILES string of the molecule is COc1ccc(N2CCN(C(=O)c3ccc4c(c3)NC(=O)/C(=C\c3cccc(Cl)c3)O4)CC2)cc1. The van der Waals surface area contributed by atoms with Crippen LogP contribution in [0.2, 0.25) is 5.02 Å². The smallest absolute Gasteiger partial charge is 0.291 e. The first kappa shape index (κ1) is 22.8. The summed E-state index contributed by atoms with van der Waals surface area (Å²) < 4.78 is 11.0. The molecule has 1 N–H and O–H groups in total. The van der Waals surface area contributed by atoms with Gasteiger partial charge in [-0.25, -0.2) is 0 Å². The highest BCUT2D eigenvalue weighted by molar-refractivity contribution is 6.30. The van der Waals surface area contributed by atoms with Crippen LogP contribution in [0.5, 0.6) is 11.5 Å². The molecule has 7 nitrogen and oxygen atoms in total. The fourth-order valence-corrected chi connectivity index (χ4v) is 4.38. The average molecular weight is 490 g/mol. The molecule has 1 saturated heterocycles. The van der Waals surface area contributed by atoms with E-state index in [1.54, 1.807) is 49.6 Å². The minimum atomic E-state index is -0.379. The highest BCUT2D eigenvalue weighted by atomic mass is 35.5. The first-order valence-corrected chi connectivity index (χ1v) is 11.7. The maximum Gasteiger partial charge on any atom is 0.291 e. The molecule has 0 bridgehead atoms. The molecule has 35 heavy (non-hydrogen) atoms. The molecule has 0 atom stereocenters. The Morgan fingerprint density at radius 1 is 1.03 bits per heavy atom. The van der Waals surface area contributed by atoms with Crippen LogP contribution in [0.25, 0.3) is 6.08 Å². The van der Waals surface area contributed by atoms with Gasteiger partial charge in [0.25, 0.3) is 11.8 Å². The van der Waals surface area contributed by atoms with Crippen LogP contribution in [-0.2, 0) is 4.79 Å². The molecule has 2 heterocycles. The number of ether oxygens (including phenoxy) is 2. The van der Waals surface area contributed by atoms with E-state index in [-0.39, 0.29) is 17.6 Å². The standard InChI is InChI=1S/C27H24ClN3O4/c1-34-22-8-6-21(7-9-22)30-11-13-31(14-12-30)27(33)19-5-10-24-23(17-19)29-26(32)25(35-24)16-18-3-2-4-20(28)15-18/h2-10,15-17H,11-14H2,1H3,(H,29,32)/b25-16+. The lowest BCUT2D eigenvalue weighted by Gasteiger charge is -2.36. The Morgan fingerprint density at radius 2 is 1.80 bits per heavy atom. The molecule has 2 amide bonds. The minimum absolute atomic E-state index is 0.0725. The van der Waals surface area contributed by atoms with E-state index in [1.807, 2.05) is 35.2 Å². The van der Waals surface area contributed by atoms with Crippen LogP contribution < -0.4 is 19.7 Å². The normalized spacial score (nSPS) is 16.4. The largest absolute Gasteiger partial charge is 0.497 e. The second-order valence-corrected chi connectivity index (χ2v) is 8.74. The van der Waals surface area contributed by atoms with E-state index in [4.69, 9.17) is 21.1 Å².